The van der Waals surface area contributed by atoms with Crippen LogP contribution in [-0.2, 0) is 11.3 Å². The lowest BCUT2D eigenvalue weighted by atomic mass is 10.2. The molecular weight excluding hydrogens is 513 g/mol. The van der Waals surface area contributed by atoms with Gasteiger partial charge in [0.05, 0.1) is 21.3 Å². The maximum atomic E-state index is 12.1. The van der Waals surface area contributed by atoms with E-state index in [1.54, 1.807) is 40.6 Å². The van der Waals surface area contributed by atoms with E-state index in [1.807, 2.05) is 25.1 Å². The van der Waals surface area contributed by atoms with Crippen LogP contribution in [-0.4, -0.2) is 51.8 Å². The molecule has 1 aromatic heterocycles. The second-order valence-corrected chi connectivity index (χ2v) is 6.41. The van der Waals surface area contributed by atoms with Crippen molar-refractivity contribution in [2.24, 2.45) is 4.99 Å². The Kier molecular flexibility index (Phi) is 11.5. The molecule has 0 aliphatic rings. The van der Waals surface area contributed by atoms with Gasteiger partial charge in [-0.3, -0.25) is 9.79 Å². The van der Waals surface area contributed by atoms with Crippen LogP contribution < -0.4 is 30.2 Å². The summed E-state index contributed by atoms with van der Waals surface area (Å²) in [4.78, 5) is 20.4. The molecule has 10 heteroatoms. The zero-order valence-electron chi connectivity index (χ0n) is 18.4. The van der Waals surface area contributed by atoms with Crippen molar-refractivity contribution in [1.29, 1.82) is 0 Å². The molecule has 0 radical (unpaired) electrons. The standard InChI is InChI=1S/C21H29N5O4.HI/c1-14-6-7-18(24-12-14)26-19(27)8-9-23-21(22-2)25-13-15-10-16(28-3)20(30-5)17(11-15)29-4;/h6-7,10-12H,8-9,13H2,1-5H3,(H2,22,23,25)(H,24,26,27);1H. The van der Waals surface area contributed by atoms with Gasteiger partial charge >= 0.3 is 0 Å². The summed E-state index contributed by atoms with van der Waals surface area (Å²) in [6, 6.07) is 7.40. The largest absolute Gasteiger partial charge is 0.493 e. The Morgan fingerprint density at radius 1 is 1.06 bits per heavy atom. The number of aromatic nitrogens is 1. The number of nitrogens with zero attached hydrogens (tertiary/aromatic N) is 2. The third kappa shape index (κ3) is 8.12. The Morgan fingerprint density at radius 3 is 2.26 bits per heavy atom. The summed E-state index contributed by atoms with van der Waals surface area (Å²) in [6.07, 6.45) is 1.99. The van der Waals surface area contributed by atoms with E-state index in [9.17, 15) is 4.79 Å². The van der Waals surface area contributed by atoms with Crippen molar-refractivity contribution < 1.29 is 19.0 Å². The molecule has 0 saturated heterocycles. The molecule has 2 aromatic rings. The molecule has 9 nitrogen and oxygen atoms in total. The fraction of sp³-hybridized carbons (Fsp3) is 0.381. The van der Waals surface area contributed by atoms with Crippen LogP contribution in [0.25, 0.3) is 0 Å². The minimum Gasteiger partial charge on any atom is -0.493 e. The van der Waals surface area contributed by atoms with E-state index < -0.39 is 0 Å². The summed E-state index contributed by atoms with van der Waals surface area (Å²) < 4.78 is 16.1. The number of aryl methyl sites for hydroxylation is 1. The Morgan fingerprint density at radius 2 is 1.74 bits per heavy atom. The average molecular weight is 543 g/mol. The molecule has 0 fully saturated rings. The highest BCUT2D eigenvalue weighted by Crippen LogP contribution is 2.38. The molecule has 0 unspecified atom stereocenters. The van der Waals surface area contributed by atoms with Crippen LogP contribution in [0.15, 0.2) is 35.5 Å². The van der Waals surface area contributed by atoms with Gasteiger partial charge in [0.15, 0.2) is 17.5 Å². The number of amides is 1. The number of anilines is 1. The van der Waals surface area contributed by atoms with Gasteiger partial charge < -0.3 is 30.2 Å². The summed E-state index contributed by atoms with van der Waals surface area (Å²) >= 11 is 0. The molecule has 1 heterocycles. The van der Waals surface area contributed by atoms with E-state index in [2.05, 4.69) is 25.9 Å². The van der Waals surface area contributed by atoms with Gasteiger partial charge in [0.25, 0.3) is 0 Å². The van der Waals surface area contributed by atoms with Crippen LogP contribution in [0.1, 0.15) is 17.5 Å². The van der Waals surface area contributed by atoms with Gasteiger partial charge in [-0.15, -0.1) is 24.0 Å². The number of aliphatic imine (C=N–C) groups is 1. The smallest absolute Gasteiger partial charge is 0.227 e. The molecule has 31 heavy (non-hydrogen) atoms. The number of guanidine groups is 1. The summed E-state index contributed by atoms with van der Waals surface area (Å²) in [6.45, 7) is 2.85. The zero-order chi connectivity index (χ0) is 21.9. The van der Waals surface area contributed by atoms with Crippen LogP contribution in [0.4, 0.5) is 5.82 Å². The van der Waals surface area contributed by atoms with Gasteiger partial charge in [-0.05, 0) is 36.2 Å². The first kappa shape index (κ1) is 26.3. The summed E-state index contributed by atoms with van der Waals surface area (Å²) in [5, 5.41) is 9.08. The maximum Gasteiger partial charge on any atom is 0.227 e. The molecule has 1 aromatic carbocycles. The third-order valence-corrected chi connectivity index (χ3v) is 4.23. The number of carbonyl (C=O) groups excluding carboxylic acids is 1. The van der Waals surface area contributed by atoms with Crippen molar-refractivity contribution in [3.8, 4) is 17.2 Å². The van der Waals surface area contributed by atoms with E-state index >= 15 is 0 Å². The number of benzene rings is 1. The first-order valence-corrected chi connectivity index (χ1v) is 9.46. The average Bonchev–Trinajstić information content (AvgIpc) is 2.76. The number of carbonyl (C=O) groups is 1. The zero-order valence-corrected chi connectivity index (χ0v) is 20.8. The number of ether oxygens (including phenoxy) is 3. The predicted molar refractivity (Wildman–Crippen MR) is 132 cm³/mol. The maximum absolute atomic E-state index is 12.1. The summed E-state index contributed by atoms with van der Waals surface area (Å²) in [7, 11) is 6.38. The van der Waals surface area contributed by atoms with Crippen molar-refractivity contribution in [2.75, 3.05) is 40.2 Å². The topological polar surface area (TPSA) is 106 Å². The van der Waals surface area contributed by atoms with Gasteiger partial charge in [0.1, 0.15) is 5.82 Å². The van der Waals surface area contributed by atoms with Crippen LogP contribution in [0.2, 0.25) is 0 Å². The SMILES string of the molecule is CN=C(NCCC(=O)Nc1ccc(C)cn1)NCc1cc(OC)c(OC)c(OC)c1.I. The number of hydrogen-bond acceptors (Lipinski definition) is 6. The quantitative estimate of drug-likeness (QED) is 0.254. The van der Waals surface area contributed by atoms with Crippen molar-refractivity contribution in [1.82, 2.24) is 15.6 Å². The molecule has 170 valence electrons. The molecule has 0 bridgehead atoms. The fourth-order valence-electron chi connectivity index (χ4n) is 2.69. The highest BCUT2D eigenvalue weighted by molar-refractivity contribution is 14.0. The van der Waals surface area contributed by atoms with Gasteiger partial charge in [-0.1, -0.05) is 6.07 Å². The summed E-state index contributed by atoms with van der Waals surface area (Å²) in [5.41, 5.74) is 1.97. The van der Waals surface area contributed by atoms with E-state index in [-0.39, 0.29) is 36.3 Å². The molecule has 3 N–H and O–H groups in total. The fourth-order valence-corrected chi connectivity index (χ4v) is 2.69. The summed E-state index contributed by atoms with van der Waals surface area (Å²) in [5.74, 6) is 2.69. The predicted octanol–water partition coefficient (Wildman–Crippen LogP) is 2.73. The van der Waals surface area contributed by atoms with Crippen LogP contribution in [0, 0.1) is 6.92 Å². The Balaban J connectivity index is 0.00000480. The number of halogens is 1. The molecule has 1 amide bonds. The Hall–Kier alpha value is -2.76. The van der Waals surface area contributed by atoms with Crippen molar-refractivity contribution in [3.63, 3.8) is 0 Å². The van der Waals surface area contributed by atoms with E-state index in [0.717, 1.165) is 11.1 Å². The molecule has 0 spiro atoms. The highest BCUT2D eigenvalue weighted by Gasteiger charge is 2.13. The lowest BCUT2D eigenvalue weighted by Gasteiger charge is -2.16. The number of methoxy groups -OCH3 is 3. The molecule has 0 atom stereocenters. The van der Waals surface area contributed by atoms with E-state index in [4.69, 9.17) is 14.2 Å². The first-order chi connectivity index (χ1) is 14.5. The lowest BCUT2D eigenvalue weighted by molar-refractivity contribution is -0.116. The van der Waals surface area contributed by atoms with Crippen LogP contribution in [0.5, 0.6) is 17.2 Å². The van der Waals surface area contributed by atoms with Gasteiger partial charge in [0, 0.05) is 32.8 Å². The van der Waals surface area contributed by atoms with E-state index in [1.165, 1.54) is 0 Å². The number of hydrogen-bond donors (Lipinski definition) is 3. The highest BCUT2D eigenvalue weighted by atomic mass is 127. The number of pyridine rings is 1. The first-order valence-electron chi connectivity index (χ1n) is 9.46. The Labute approximate surface area is 200 Å². The molecule has 2 rings (SSSR count). The molecular formula is C21H30IN5O4. The minimum atomic E-state index is -0.126. The lowest BCUT2D eigenvalue weighted by Crippen LogP contribution is -2.38. The third-order valence-electron chi connectivity index (χ3n) is 4.23. The normalized spacial score (nSPS) is 10.5. The molecule has 0 aliphatic carbocycles. The van der Waals surface area contributed by atoms with Crippen LogP contribution in [0.3, 0.4) is 0 Å². The number of rotatable bonds is 9. The van der Waals surface area contributed by atoms with Gasteiger partial charge in [-0.25, -0.2) is 4.98 Å². The van der Waals surface area contributed by atoms with Crippen molar-refractivity contribution in [3.05, 3.63) is 41.6 Å². The van der Waals surface area contributed by atoms with Crippen LogP contribution >= 0.6 is 24.0 Å². The van der Waals surface area contributed by atoms with Gasteiger partial charge in [-0.2, -0.15) is 0 Å². The van der Waals surface area contributed by atoms with E-state index in [0.29, 0.717) is 42.1 Å². The molecule has 0 aliphatic heterocycles. The number of nitrogens with one attached hydrogen (secondary N) is 3. The molecule has 0 saturated carbocycles. The second-order valence-electron chi connectivity index (χ2n) is 6.41. The Bertz CT molecular complexity index is 850. The van der Waals surface area contributed by atoms with Gasteiger partial charge in [0.2, 0.25) is 11.7 Å². The second kappa shape index (κ2) is 13.5. The van der Waals surface area contributed by atoms with Crippen molar-refractivity contribution >= 4 is 41.7 Å². The monoisotopic (exact) mass is 543 g/mol. The minimum absolute atomic E-state index is 0. The van der Waals surface area contributed by atoms with Crippen molar-refractivity contribution in [2.45, 2.75) is 19.9 Å².